The average molecular weight is 691 g/mol. The summed E-state index contributed by atoms with van der Waals surface area (Å²) in [5.41, 5.74) is 4.40. The van der Waals surface area contributed by atoms with Gasteiger partial charge in [0, 0.05) is 56.0 Å². The van der Waals surface area contributed by atoms with Crippen LogP contribution in [0.2, 0.25) is 0 Å². The van der Waals surface area contributed by atoms with Crippen LogP contribution in [0.4, 0.5) is 15.9 Å². The van der Waals surface area contributed by atoms with Gasteiger partial charge in [0.2, 0.25) is 0 Å². The fraction of sp³-hybridized carbons (Fsp3) is 0.550. The van der Waals surface area contributed by atoms with Crippen LogP contribution in [0, 0.1) is 18.2 Å². The summed E-state index contributed by atoms with van der Waals surface area (Å²) in [5.74, 6) is 0.164. The molecule has 0 amide bonds. The lowest BCUT2D eigenvalue weighted by molar-refractivity contribution is -0.160. The molecule has 2 saturated heterocycles. The van der Waals surface area contributed by atoms with Gasteiger partial charge in [0.25, 0.3) is 0 Å². The van der Waals surface area contributed by atoms with Crippen LogP contribution >= 0.6 is 0 Å². The zero-order valence-corrected chi connectivity index (χ0v) is 30.7. The summed E-state index contributed by atoms with van der Waals surface area (Å²) in [6.07, 6.45) is 2.35. The van der Waals surface area contributed by atoms with Gasteiger partial charge in [0.1, 0.15) is 17.4 Å². The summed E-state index contributed by atoms with van der Waals surface area (Å²) in [5, 5.41) is 14.3. The normalized spacial score (nSPS) is 17.4. The van der Waals surface area contributed by atoms with E-state index < -0.39 is 17.7 Å². The Balaban J connectivity index is 1.52. The van der Waals surface area contributed by atoms with Crippen molar-refractivity contribution in [1.82, 2.24) is 9.88 Å². The highest BCUT2D eigenvalue weighted by Crippen LogP contribution is 2.46. The maximum atomic E-state index is 13.3. The first-order chi connectivity index (χ1) is 23.8. The van der Waals surface area contributed by atoms with E-state index in [-0.39, 0.29) is 11.2 Å². The SMILES string of the molecule is Cc1nc(NCCCN2CCOCC2)c(-c2ccc(OCCc3ccc(F)cc3)cc2)c(N2CCC(C)(C)CC2)c1[C@H](OC(C)(C)C)C(=O)O. The van der Waals surface area contributed by atoms with Crippen LogP contribution in [0.5, 0.6) is 5.75 Å². The van der Waals surface area contributed by atoms with Crippen LogP contribution in [0.15, 0.2) is 48.5 Å². The van der Waals surface area contributed by atoms with Crippen molar-refractivity contribution in [1.29, 1.82) is 0 Å². The molecule has 0 spiro atoms. The van der Waals surface area contributed by atoms with E-state index in [1.165, 1.54) is 12.1 Å². The van der Waals surface area contributed by atoms with Crippen LogP contribution in [-0.2, 0) is 20.7 Å². The number of aryl methyl sites for hydroxylation is 1. The van der Waals surface area contributed by atoms with Crippen molar-refractivity contribution in [3.8, 4) is 16.9 Å². The maximum absolute atomic E-state index is 13.3. The molecular formula is C40H55FN4O5. The molecule has 10 heteroatoms. The number of nitrogens with one attached hydrogen (secondary N) is 1. The van der Waals surface area contributed by atoms with Crippen LogP contribution in [-0.4, -0.2) is 85.6 Å². The molecule has 0 aliphatic carbocycles. The highest BCUT2D eigenvalue weighted by molar-refractivity contribution is 5.92. The lowest BCUT2D eigenvalue weighted by Crippen LogP contribution is -2.39. The number of morpholine rings is 1. The Morgan fingerprint density at radius 1 is 1.04 bits per heavy atom. The number of piperidine rings is 1. The quantitative estimate of drug-likeness (QED) is 0.167. The molecule has 2 N–H and O–H groups in total. The number of pyridine rings is 1. The van der Waals surface area contributed by atoms with Crippen molar-refractivity contribution < 1.29 is 28.5 Å². The molecule has 2 aliphatic rings. The number of benzene rings is 2. The Hall–Kier alpha value is -3.73. The number of hydrogen-bond donors (Lipinski definition) is 2. The monoisotopic (exact) mass is 690 g/mol. The third-order valence-corrected chi connectivity index (χ3v) is 9.55. The molecular weight excluding hydrogens is 635 g/mol. The van der Waals surface area contributed by atoms with Gasteiger partial charge >= 0.3 is 5.97 Å². The molecule has 2 fully saturated rings. The van der Waals surface area contributed by atoms with Gasteiger partial charge in [0.15, 0.2) is 6.10 Å². The Morgan fingerprint density at radius 3 is 2.32 bits per heavy atom. The van der Waals surface area contributed by atoms with Crippen molar-refractivity contribution in [2.75, 3.05) is 69.3 Å². The fourth-order valence-corrected chi connectivity index (χ4v) is 6.66. The number of hydrogen-bond acceptors (Lipinski definition) is 8. The smallest absolute Gasteiger partial charge is 0.337 e. The predicted octanol–water partition coefficient (Wildman–Crippen LogP) is 7.52. The molecule has 0 saturated carbocycles. The molecule has 5 rings (SSSR count). The zero-order chi connectivity index (χ0) is 35.9. The summed E-state index contributed by atoms with van der Waals surface area (Å²) in [7, 11) is 0. The lowest BCUT2D eigenvalue weighted by Gasteiger charge is -2.41. The predicted molar refractivity (Wildman–Crippen MR) is 197 cm³/mol. The minimum absolute atomic E-state index is 0.195. The number of anilines is 2. The molecule has 9 nitrogen and oxygen atoms in total. The Kier molecular flexibility index (Phi) is 12.4. The minimum atomic E-state index is -1.20. The third kappa shape index (κ3) is 10.2. The molecule has 0 bridgehead atoms. The zero-order valence-electron chi connectivity index (χ0n) is 30.7. The van der Waals surface area contributed by atoms with Gasteiger partial charge in [-0.2, -0.15) is 0 Å². The molecule has 0 radical (unpaired) electrons. The number of carboxylic acids is 1. The first kappa shape index (κ1) is 37.5. The van der Waals surface area contributed by atoms with Crippen LogP contribution in [0.1, 0.15) is 76.8 Å². The van der Waals surface area contributed by atoms with Gasteiger partial charge in [-0.1, -0.05) is 38.1 Å². The fourth-order valence-electron chi connectivity index (χ4n) is 6.66. The van der Waals surface area contributed by atoms with Gasteiger partial charge < -0.3 is 29.5 Å². The van der Waals surface area contributed by atoms with Gasteiger partial charge in [-0.25, -0.2) is 14.2 Å². The van der Waals surface area contributed by atoms with Crippen molar-refractivity contribution in [3.05, 3.63) is 71.2 Å². The van der Waals surface area contributed by atoms with E-state index in [2.05, 4.69) is 29.0 Å². The van der Waals surface area contributed by atoms with Gasteiger partial charge in [-0.3, -0.25) is 4.90 Å². The number of carboxylic acid groups (broad SMARTS) is 1. The molecule has 2 aromatic carbocycles. The Labute approximate surface area is 297 Å². The Bertz CT molecular complexity index is 1560. The molecule has 3 aromatic rings. The van der Waals surface area contributed by atoms with Crippen molar-refractivity contribution >= 4 is 17.5 Å². The van der Waals surface area contributed by atoms with Crippen molar-refractivity contribution in [3.63, 3.8) is 0 Å². The minimum Gasteiger partial charge on any atom is -0.493 e. The summed E-state index contributed by atoms with van der Waals surface area (Å²) in [4.78, 5) is 22.8. The summed E-state index contributed by atoms with van der Waals surface area (Å²) in [6.45, 7) is 19.3. The van der Waals surface area contributed by atoms with Crippen molar-refractivity contribution in [2.24, 2.45) is 5.41 Å². The van der Waals surface area contributed by atoms with E-state index in [4.69, 9.17) is 19.2 Å². The second kappa shape index (κ2) is 16.5. The van der Waals surface area contributed by atoms with E-state index in [9.17, 15) is 14.3 Å². The van der Waals surface area contributed by atoms with Crippen molar-refractivity contribution in [2.45, 2.75) is 78.9 Å². The molecule has 3 heterocycles. The molecule has 1 atom stereocenters. The third-order valence-electron chi connectivity index (χ3n) is 9.55. The van der Waals surface area contributed by atoms with Crippen LogP contribution in [0.25, 0.3) is 11.1 Å². The van der Waals surface area contributed by atoms with E-state index in [1.807, 2.05) is 52.0 Å². The molecule has 2 aliphatic heterocycles. The highest BCUT2D eigenvalue weighted by atomic mass is 19.1. The number of aromatic nitrogens is 1. The van der Waals surface area contributed by atoms with Gasteiger partial charge in [0.05, 0.1) is 31.1 Å². The number of aliphatic carboxylic acids is 1. The average Bonchev–Trinajstić information content (AvgIpc) is 3.07. The number of carbonyl (C=O) groups is 1. The summed E-state index contributed by atoms with van der Waals surface area (Å²) < 4.78 is 31.3. The molecule has 50 heavy (non-hydrogen) atoms. The largest absolute Gasteiger partial charge is 0.493 e. The van der Waals surface area contributed by atoms with Gasteiger partial charge in [-0.05, 0) is 94.3 Å². The molecule has 1 aromatic heterocycles. The molecule has 272 valence electrons. The lowest BCUT2D eigenvalue weighted by atomic mass is 9.82. The second-order valence-electron chi connectivity index (χ2n) is 15.3. The van der Waals surface area contributed by atoms with E-state index in [0.717, 1.165) is 99.1 Å². The van der Waals surface area contributed by atoms with Crippen LogP contribution < -0.4 is 15.0 Å². The van der Waals surface area contributed by atoms with E-state index in [1.54, 1.807) is 12.1 Å². The number of rotatable bonds is 14. The topological polar surface area (TPSA) is 96.4 Å². The summed E-state index contributed by atoms with van der Waals surface area (Å²) in [6, 6.07) is 14.4. The second-order valence-corrected chi connectivity index (χ2v) is 15.3. The molecule has 0 unspecified atom stereocenters. The van der Waals surface area contributed by atoms with E-state index >= 15 is 0 Å². The standard InChI is InChI=1S/C40H55FN4O5/c1-28-33(36(38(46)47)50-39(2,3)4)35(45-21-17-40(5,6)18-22-45)34(37(43-28)42-19-7-20-44-23-26-48-27-24-44)30-10-14-32(15-11-30)49-25-16-29-8-12-31(41)13-9-29/h8-15,36H,7,16-27H2,1-6H3,(H,42,43)(H,46,47)/t36-/m0/s1. The Morgan fingerprint density at radius 2 is 1.70 bits per heavy atom. The first-order valence-electron chi connectivity index (χ1n) is 18.0. The first-order valence-corrected chi connectivity index (χ1v) is 18.0. The van der Waals surface area contributed by atoms with E-state index in [0.29, 0.717) is 30.8 Å². The number of nitrogens with zero attached hydrogens (tertiary/aromatic N) is 3. The number of halogens is 1. The van der Waals surface area contributed by atoms with Crippen LogP contribution in [0.3, 0.4) is 0 Å². The number of ether oxygens (including phenoxy) is 3. The van der Waals surface area contributed by atoms with Gasteiger partial charge in [-0.15, -0.1) is 0 Å². The maximum Gasteiger partial charge on any atom is 0.337 e. The summed E-state index contributed by atoms with van der Waals surface area (Å²) >= 11 is 0. The highest BCUT2D eigenvalue weighted by Gasteiger charge is 2.37.